The van der Waals surface area contributed by atoms with Crippen molar-refractivity contribution in [2.45, 2.75) is 32.6 Å². The molecule has 0 heterocycles. The summed E-state index contributed by atoms with van der Waals surface area (Å²) in [4.78, 5) is 22.9. The first-order valence-corrected chi connectivity index (χ1v) is 8.11. The van der Waals surface area contributed by atoms with Crippen LogP contribution < -0.4 is 40.0 Å². The molecule has 0 atom stereocenters. The Kier molecular flexibility index (Phi) is 10.7. The third kappa shape index (κ3) is 6.59. The molecular formula is C13H14I2NNaO3. The van der Waals surface area contributed by atoms with Gasteiger partial charge >= 0.3 is 29.6 Å². The van der Waals surface area contributed by atoms with Crippen LogP contribution in [0, 0.1) is 7.14 Å². The quantitative estimate of drug-likeness (QED) is 0.328. The van der Waals surface area contributed by atoms with Crippen LogP contribution in [0.5, 0.6) is 0 Å². The zero-order valence-electron chi connectivity index (χ0n) is 11.5. The van der Waals surface area contributed by atoms with Gasteiger partial charge in [-0.2, -0.15) is 0 Å². The molecule has 20 heavy (non-hydrogen) atoms. The molecule has 1 aromatic rings. The van der Waals surface area contributed by atoms with Gasteiger partial charge < -0.3 is 15.2 Å². The van der Waals surface area contributed by atoms with E-state index >= 15 is 0 Å². The van der Waals surface area contributed by atoms with Crippen LogP contribution in [-0.4, -0.2) is 11.9 Å². The molecule has 7 heteroatoms. The molecule has 0 aromatic heterocycles. The van der Waals surface area contributed by atoms with Crippen molar-refractivity contribution >= 4 is 62.7 Å². The Bertz CT molecular complexity index is 495. The number of nitrogens with one attached hydrogen (secondary N) is 1. The van der Waals surface area contributed by atoms with E-state index < -0.39 is 5.97 Å². The van der Waals surface area contributed by atoms with Crippen molar-refractivity contribution in [3.05, 3.63) is 24.8 Å². The van der Waals surface area contributed by atoms with Crippen molar-refractivity contribution in [3.8, 4) is 0 Å². The second-order valence-electron chi connectivity index (χ2n) is 4.10. The Labute approximate surface area is 168 Å². The zero-order chi connectivity index (χ0) is 14.4. The molecule has 0 aliphatic carbocycles. The first kappa shape index (κ1) is 20.6. The summed E-state index contributed by atoms with van der Waals surface area (Å²) >= 11 is 4.05. The first-order chi connectivity index (χ1) is 8.95. The average Bonchev–Trinajstić information content (AvgIpc) is 2.32. The van der Waals surface area contributed by atoms with Gasteiger partial charge in [0.15, 0.2) is 0 Å². The van der Waals surface area contributed by atoms with Gasteiger partial charge in [0.05, 0.1) is 11.7 Å². The largest absolute Gasteiger partial charge is 1.00 e. The molecule has 1 N–H and O–H groups in total. The number of anilines is 1. The number of carboxylic acid groups (broad SMARTS) is 1. The minimum atomic E-state index is -1.28. The molecule has 0 fully saturated rings. The number of benzene rings is 1. The molecule has 0 radical (unpaired) electrons. The van der Waals surface area contributed by atoms with Crippen molar-refractivity contribution in [3.63, 3.8) is 0 Å². The number of aromatic carboxylic acids is 1. The number of carboxylic acids is 1. The number of rotatable bonds is 6. The SMILES string of the molecule is CCCCCC(=O)Nc1c(I)cc(I)cc1C(=O)[O-].[Na+]. The summed E-state index contributed by atoms with van der Waals surface area (Å²) in [5.41, 5.74) is 0.364. The van der Waals surface area contributed by atoms with Gasteiger partial charge in [-0.3, -0.25) is 4.79 Å². The minimum absolute atomic E-state index is 0. The smallest absolute Gasteiger partial charge is 0.545 e. The van der Waals surface area contributed by atoms with Crippen LogP contribution in [0.25, 0.3) is 0 Å². The summed E-state index contributed by atoms with van der Waals surface area (Å²) in [6, 6.07) is 3.31. The van der Waals surface area contributed by atoms with E-state index in [9.17, 15) is 14.7 Å². The van der Waals surface area contributed by atoms with E-state index in [1.807, 2.05) is 51.2 Å². The van der Waals surface area contributed by atoms with Gasteiger partial charge in [-0.05, 0) is 63.7 Å². The zero-order valence-corrected chi connectivity index (χ0v) is 17.8. The Morgan fingerprint density at radius 3 is 2.45 bits per heavy atom. The fraction of sp³-hybridized carbons (Fsp3) is 0.385. The van der Waals surface area contributed by atoms with Gasteiger partial charge in [-0.1, -0.05) is 19.8 Å². The second-order valence-corrected chi connectivity index (χ2v) is 6.51. The first-order valence-electron chi connectivity index (χ1n) is 5.96. The van der Waals surface area contributed by atoms with Gasteiger partial charge in [-0.25, -0.2) is 0 Å². The van der Waals surface area contributed by atoms with E-state index in [2.05, 4.69) is 12.2 Å². The molecule has 0 unspecified atom stereocenters. The van der Waals surface area contributed by atoms with Crippen LogP contribution >= 0.6 is 45.2 Å². The van der Waals surface area contributed by atoms with Crippen LogP contribution in [0.2, 0.25) is 0 Å². The number of hydrogen-bond donors (Lipinski definition) is 1. The van der Waals surface area contributed by atoms with Gasteiger partial charge in [0.2, 0.25) is 5.91 Å². The maximum absolute atomic E-state index is 11.8. The number of unbranched alkanes of at least 4 members (excludes halogenated alkanes) is 2. The monoisotopic (exact) mass is 509 g/mol. The van der Waals surface area contributed by atoms with Crippen molar-refractivity contribution in [2.24, 2.45) is 0 Å². The van der Waals surface area contributed by atoms with E-state index in [4.69, 9.17) is 0 Å². The third-order valence-electron chi connectivity index (χ3n) is 2.55. The molecule has 0 aliphatic heterocycles. The van der Waals surface area contributed by atoms with Gasteiger partial charge in [0.25, 0.3) is 0 Å². The van der Waals surface area contributed by atoms with Crippen LogP contribution in [0.1, 0.15) is 43.0 Å². The maximum atomic E-state index is 11.8. The summed E-state index contributed by atoms with van der Waals surface area (Å²) in [6.45, 7) is 2.06. The maximum Gasteiger partial charge on any atom is 1.00 e. The number of halogens is 2. The molecule has 0 saturated carbocycles. The predicted molar refractivity (Wildman–Crippen MR) is 89.0 cm³/mol. The number of carbonyl (C=O) groups excluding carboxylic acids is 2. The van der Waals surface area contributed by atoms with Crippen LogP contribution in [-0.2, 0) is 4.79 Å². The third-order valence-corrected chi connectivity index (χ3v) is 4.02. The summed E-state index contributed by atoms with van der Waals surface area (Å²) in [5.74, 6) is -1.43. The van der Waals surface area contributed by atoms with Crippen molar-refractivity contribution < 1.29 is 44.3 Å². The molecular weight excluding hydrogens is 495 g/mol. The molecule has 0 aliphatic rings. The normalized spacial score (nSPS) is 9.75. The Balaban J connectivity index is 0.00000361. The average molecular weight is 509 g/mol. The number of hydrogen-bond acceptors (Lipinski definition) is 3. The molecule has 0 bridgehead atoms. The van der Waals surface area contributed by atoms with E-state index in [0.29, 0.717) is 15.7 Å². The second kappa shape index (κ2) is 10.4. The topological polar surface area (TPSA) is 69.2 Å². The molecule has 0 spiro atoms. The van der Waals surface area contributed by atoms with E-state index in [1.54, 1.807) is 0 Å². The van der Waals surface area contributed by atoms with E-state index in [-0.39, 0.29) is 41.0 Å². The number of amides is 1. The van der Waals surface area contributed by atoms with Crippen molar-refractivity contribution in [1.29, 1.82) is 0 Å². The van der Waals surface area contributed by atoms with Crippen LogP contribution in [0.4, 0.5) is 5.69 Å². The predicted octanol–water partition coefficient (Wildman–Crippen LogP) is -0.218. The van der Waals surface area contributed by atoms with E-state index in [0.717, 1.165) is 22.8 Å². The molecule has 1 aromatic carbocycles. The number of carbonyl (C=O) groups is 2. The van der Waals surface area contributed by atoms with Gasteiger partial charge in [-0.15, -0.1) is 0 Å². The standard InChI is InChI=1S/C13H15I2NO3.Na/c1-2-3-4-5-11(17)16-12-9(13(18)19)6-8(14)7-10(12)15;/h6-7H,2-5H2,1H3,(H,16,17)(H,18,19);/q;+1/p-1. The Morgan fingerprint density at radius 2 is 1.90 bits per heavy atom. The summed E-state index contributed by atoms with van der Waals surface area (Å²) in [5, 5.41) is 13.8. The Hall–Kier alpha value is 0.620. The van der Waals surface area contributed by atoms with E-state index in [1.165, 1.54) is 6.07 Å². The van der Waals surface area contributed by atoms with Gasteiger partial charge in [0.1, 0.15) is 0 Å². The molecule has 0 saturated heterocycles. The molecule has 1 rings (SSSR count). The van der Waals surface area contributed by atoms with Crippen molar-refractivity contribution in [2.75, 3.05) is 5.32 Å². The molecule has 4 nitrogen and oxygen atoms in total. The summed E-state index contributed by atoms with van der Waals surface area (Å²) in [7, 11) is 0. The Morgan fingerprint density at radius 1 is 1.25 bits per heavy atom. The fourth-order valence-corrected chi connectivity index (χ4v) is 3.58. The van der Waals surface area contributed by atoms with Crippen molar-refractivity contribution in [1.82, 2.24) is 0 Å². The van der Waals surface area contributed by atoms with Crippen LogP contribution in [0.15, 0.2) is 12.1 Å². The molecule has 1 amide bonds. The summed E-state index contributed by atoms with van der Waals surface area (Å²) < 4.78 is 1.50. The minimum Gasteiger partial charge on any atom is -0.545 e. The summed E-state index contributed by atoms with van der Waals surface area (Å²) in [6.07, 6.45) is 3.25. The van der Waals surface area contributed by atoms with Crippen LogP contribution in [0.3, 0.4) is 0 Å². The molecule has 104 valence electrons. The fourth-order valence-electron chi connectivity index (χ4n) is 1.60. The van der Waals surface area contributed by atoms with Gasteiger partial charge in [0, 0.05) is 19.1 Å².